The molecule has 11 nitrogen and oxygen atoms in total. The number of amides is 1. The van der Waals surface area contributed by atoms with Gasteiger partial charge in [-0.1, -0.05) is 30.3 Å². The van der Waals surface area contributed by atoms with E-state index in [2.05, 4.69) is 54.1 Å². The number of carbonyl (C=O) groups is 1. The van der Waals surface area contributed by atoms with Gasteiger partial charge in [0.2, 0.25) is 0 Å². The summed E-state index contributed by atoms with van der Waals surface area (Å²) in [5.74, 6) is 0.0547. The number of piperazine rings is 2. The maximum Gasteiger partial charge on any atom is 0.501 e. The second kappa shape index (κ2) is 22.6. The van der Waals surface area contributed by atoms with Crippen LogP contribution in [0.4, 0.5) is 40.3 Å². The largest absolute Gasteiger partial charge is 0.501 e. The van der Waals surface area contributed by atoms with Gasteiger partial charge in [0.1, 0.15) is 10.7 Å². The molecule has 3 heterocycles. The van der Waals surface area contributed by atoms with Gasteiger partial charge in [-0.3, -0.25) is 4.79 Å². The van der Waals surface area contributed by atoms with Gasteiger partial charge in [0.25, 0.3) is 15.7 Å². The number of likely N-dealkylation sites (N-methyl/N-ethyl adjacent to an activating group) is 1. The Morgan fingerprint density at radius 1 is 0.714 bits per heavy atom. The van der Waals surface area contributed by atoms with Gasteiger partial charge < -0.3 is 39.5 Å². The van der Waals surface area contributed by atoms with Crippen molar-refractivity contribution in [3.05, 3.63) is 138 Å². The molecule has 0 radical (unpaired) electrons. The number of halogens is 4. The van der Waals surface area contributed by atoms with Crippen molar-refractivity contribution < 1.29 is 30.8 Å². The first-order valence-electron chi connectivity index (χ1n) is 23.3. The Kier molecular flexibility index (Phi) is 16.4. The SMILES string of the molecule is Cc1c(C(=O)NCCCN2CCN(C)CC2)c(-c2cccc(N3CCN(c4ccc(NSc5ccc(NCCSc6ccccc6)c(S(=O)(=O)C(F)(F)F)c5)cc4)CC3)c2)c(-c2ccc(F)cc2)n1C. The summed E-state index contributed by atoms with van der Waals surface area (Å²) in [7, 11) is -1.54. The topological polar surface area (TPSA) is 105 Å². The van der Waals surface area contributed by atoms with Gasteiger partial charge in [0.15, 0.2) is 0 Å². The molecule has 2 saturated heterocycles. The zero-order chi connectivity index (χ0) is 49.4. The molecule has 2 aliphatic rings. The van der Waals surface area contributed by atoms with Crippen LogP contribution in [0.5, 0.6) is 0 Å². The lowest BCUT2D eigenvalue weighted by Gasteiger charge is -2.37. The molecular weight excluding hydrogens is 957 g/mol. The first-order chi connectivity index (χ1) is 33.7. The van der Waals surface area contributed by atoms with Crippen molar-refractivity contribution in [1.29, 1.82) is 0 Å². The third-order valence-corrected chi connectivity index (χ3v) is 16.2. The molecule has 0 aliphatic carbocycles. The first-order valence-corrected chi connectivity index (χ1v) is 26.6. The monoisotopic (exact) mass is 1010 g/mol. The summed E-state index contributed by atoms with van der Waals surface area (Å²) in [6, 6.07) is 35.9. The number of hydrogen-bond donors (Lipinski definition) is 3. The Balaban J connectivity index is 0.909. The molecular formula is C52H58F4N8O3S3. The van der Waals surface area contributed by atoms with Crippen molar-refractivity contribution in [3.8, 4) is 22.4 Å². The van der Waals surface area contributed by atoms with E-state index in [0.29, 0.717) is 28.4 Å². The Morgan fingerprint density at radius 3 is 2.09 bits per heavy atom. The molecule has 0 saturated carbocycles. The van der Waals surface area contributed by atoms with Crippen molar-refractivity contribution >= 4 is 62.2 Å². The van der Waals surface area contributed by atoms with E-state index in [0.717, 1.165) is 128 Å². The molecule has 6 aromatic rings. The number of hydrogen-bond acceptors (Lipinski definition) is 11. The number of benzene rings is 5. The number of rotatable bonds is 18. The summed E-state index contributed by atoms with van der Waals surface area (Å²) in [4.78, 5) is 24.0. The van der Waals surface area contributed by atoms with Crippen molar-refractivity contribution in [1.82, 2.24) is 19.7 Å². The van der Waals surface area contributed by atoms with Crippen molar-refractivity contribution in [3.63, 3.8) is 0 Å². The predicted molar refractivity (Wildman–Crippen MR) is 278 cm³/mol. The average molecular weight is 1020 g/mol. The van der Waals surface area contributed by atoms with E-state index in [9.17, 15) is 30.8 Å². The summed E-state index contributed by atoms with van der Waals surface area (Å²) in [5, 5.41) is 6.10. The lowest BCUT2D eigenvalue weighted by Crippen LogP contribution is -2.46. The zero-order valence-electron chi connectivity index (χ0n) is 39.4. The molecule has 2 fully saturated rings. The molecule has 70 heavy (non-hydrogen) atoms. The molecule has 0 spiro atoms. The Labute approximate surface area is 416 Å². The lowest BCUT2D eigenvalue weighted by molar-refractivity contribution is -0.0435. The second-order valence-electron chi connectivity index (χ2n) is 17.5. The minimum absolute atomic E-state index is 0.105. The van der Waals surface area contributed by atoms with Crippen LogP contribution in [0.1, 0.15) is 22.5 Å². The van der Waals surface area contributed by atoms with Crippen LogP contribution in [-0.4, -0.2) is 119 Å². The number of nitrogens with zero attached hydrogens (tertiary/aromatic N) is 5. The fraction of sp³-hybridized carbons (Fsp3) is 0.327. The standard InChI is InChI=1S/C52H58F4N8O3S3/c1-37-48(51(65)58-23-8-25-62-28-26-60(2)27-29-62)49(50(61(37)3)38-13-15-40(53)16-14-38)39-9-7-10-43(35-39)64-32-30-63(31-33-64)42-19-17-41(18-20-42)59-69-45-21-22-46(47(36-45)70(66,67)52(54,55)56)57-24-34-68-44-11-5-4-6-12-44/h4-7,9-22,35-36,57,59H,8,23-34H2,1-3H3,(H,58,65). The second-order valence-corrected chi connectivity index (χ2v) is 21.4. The summed E-state index contributed by atoms with van der Waals surface area (Å²) in [5.41, 5.74) is 1.94. The van der Waals surface area contributed by atoms with Gasteiger partial charge >= 0.3 is 5.51 Å². The highest BCUT2D eigenvalue weighted by Crippen LogP contribution is 2.41. The van der Waals surface area contributed by atoms with Crippen molar-refractivity contribution in [2.75, 3.05) is 105 Å². The van der Waals surface area contributed by atoms with Gasteiger partial charge in [0.05, 0.1) is 16.9 Å². The molecule has 1 aromatic heterocycles. The number of thioether (sulfide) groups is 1. The van der Waals surface area contributed by atoms with E-state index < -0.39 is 20.2 Å². The van der Waals surface area contributed by atoms with Gasteiger partial charge in [-0.15, -0.1) is 11.8 Å². The third kappa shape index (κ3) is 12.1. The normalized spacial score (nSPS) is 15.0. The molecule has 370 valence electrons. The molecule has 0 bridgehead atoms. The van der Waals surface area contributed by atoms with Crippen molar-refractivity contribution in [2.45, 2.75) is 33.5 Å². The van der Waals surface area contributed by atoms with Gasteiger partial charge in [0, 0.05) is 116 Å². The van der Waals surface area contributed by atoms with Crippen LogP contribution >= 0.6 is 23.7 Å². The lowest BCUT2D eigenvalue weighted by atomic mass is 9.95. The number of nitrogens with one attached hydrogen (secondary N) is 3. The maximum absolute atomic E-state index is 14.2. The van der Waals surface area contributed by atoms with Crippen LogP contribution in [0.2, 0.25) is 0 Å². The predicted octanol–water partition coefficient (Wildman–Crippen LogP) is 10.1. The summed E-state index contributed by atoms with van der Waals surface area (Å²) in [6.45, 7) is 10.8. The van der Waals surface area contributed by atoms with Gasteiger partial charge in [-0.25, -0.2) is 12.8 Å². The molecule has 5 aromatic carbocycles. The van der Waals surface area contributed by atoms with E-state index in [1.807, 2.05) is 85.3 Å². The molecule has 1 amide bonds. The minimum atomic E-state index is -5.63. The number of sulfone groups is 1. The van der Waals surface area contributed by atoms with Crippen LogP contribution in [0, 0.1) is 12.7 Å². The van der Waals surface area contributed by atoms with Gasteiger partial charge in [-0.2, -0.15) is 13.2 Å². The quantitative estimate of drug-likeness (QED) is 0.0332. The van der Waals surface area contributed by atoms with E-state index in [1.165, 1.54) is 30.0 Å². The summed E-state index contributed by atoms with van der Waals surface area (Å²) >= 11 is 2.53. The maximum atomic E-state index is 14.2. The fourth-order valence-electron chi connectivity index (χ4n) is 8.84. The van der Waals surface area contributed by atoms with E-state index in [-0.39, 0.29) is 24.0 Å². The molecule has 18 heteroatoms. The van der Waals surface area contributed by atoms with Crippen LogP contribution in [0.3, 0.4) is 0 Å². The van der Waals surface area contributed by atoms with Crippen LogP contribution in [0.15, 0.2) is 136 Å². The van der Waals surface area contributed by atoms with Crippen LogP contribution in [-0.2, 0) is 16.9 Å². The highest BCUT2D eigenvalue weighted by molar-refractivity contribution is 8.00. The third-order valence-electron chi connectivity index (χ3n) is 12.8. The van der Waals surface area contributed by atoms with Gasteiger partial charge in [-0.05, 0) is 141 Å². The molecule has 8 rings (SSSR count). The summed E-state index contributed by atoms with van der Waals surface area (Å²) < 4.78 is 86.2. The van der Waals surface area contributed by atoms with E-state index >= 15 is 0 Å². The van der Waals surface area contributed by atoms with Crippen LogP contribution < -0.4 is 25.2 Å². The Bertz CT molecular complexity index is 2830. The first kappa shape index (κ1) is 50.7. The molecule has 0 unspecified atom stereocenters. The van der Waals surface area contributed by atoms with Crippen molar-refractivity contribution in [2.24, 2.45) is 7.05 Å². The number of alkyl halides is 3. The highest BCUT2D eigenvalue weighted by atomic mass is 32.2. The smallest absolute Gasteiger partial charge is 0.383 e. The van der Waals surface area contributed by atoms with E-state index in [4.69, 9.17) is 0 Å². The Morgan fingerprint density at radius 2 is 1.40 bits per heavy atom. The number of anilines is 4. The molecule has 3 N–H and O–H groups in total. The van der Waals surface area contributed by atoms with E-state index in [1.54, 1.807) is 18.2 Å². The number of carbonyl (C=O) groups excluding carboxylic acids is 1. The van der Waals surface area contributed by atoms with Crippen LogP contribution in [0.25, 0.3) is 22.4 Å². The molecule has 0 atom stereocenters. The fourth-order valence-corrected chi connectivity index (χ4v) is 11.4. The number of aromatic nitrogens is 1. The minimum Gasteiger partial charge on any atom is -0.383 e. The highest BCUT2D eigenvalue weighted by Gasteiger charge is 2.48. The average Bonchev–Trinajstić information content (AvgIpc) is 3.63. The summed E-state index contributed by atoms with van der Waals surface area (Å²) in [6.07, 6.45) is 0.847. The zero-order valence-corrected chi connectivity index (χ0v) is 41.9. The Hall–Kier alpha value is -5.66. The molecule has 2 aliphatic heterocycles.